The molecular formula is C10H7ClFNO. The Morgan fingerprint density at radius 2 is 2.14 bits per heavy atom. The van der Waals surface area contributed by atoms with Crippen molar-refractivity contribution in [3.63, 3.8) is 0 Å². The number of nitriles is 1. The van der Waals surface area contributed by atoms with Gasteiger partial charge in [0.2, 0.25) is 0 Å². The molecule has 72 valence electrons. The zero-order chi connectivity index (χ0) is 10.3. The molecule has 14 heavy (non-hydrogen) atoms. The number of phenols is 1. The average Bonchev–Trinajstić information content (AvgIpc) is 2.92. The molecule has 0 aliphatic heterocycles. The van der Waals surface area contributed by atoms with E-state index in [4.69, 9.17) is 16.9 Å². The quantitative estimate of drug-likeness (QED) is 0.776. The summed E-state index contributed by atoms with van der Waals surface area (Å²) in [6.45, 7) is 0. The van der Waals surface area contributed by atoms with Crippen molar-refractivity contribution in [1.82, 2.24) is 0 Å². The number of hydrogen-bond acceptors (Lipinski definition) is 2. The van der Waals surface area contributed by atoms with Gasteiger partial charge < -0.3 is 5.11 Å². The smallest absolute Gasteiger partial charge is 0.145 e. The van der Waals surface area contributed by atoms with E-state index in [0.29, 0.717) is 18.4 Å². The molecule has 0 spiro atoms. The fourth-order valence-electron chi connectivity index (χ4n) is 1.49. The number of aromatic hydroxyl groups is 1. The van der Waals surface area contributed by atoms with Gasteiger partial charge in [-0.15, -0.1) is 0 Å². The lowest BCUT2D eigenvalue weighted by Gasteiger charge is -2.09. The predicted octanol–water partition coefficient (Wildman–Crippen LogP) is 2.74. The topological polar surface area (TPSA) is 44.0 Å². The third kappa shape index (κ3) is 1.23. The van der Waals surface area contributed by atoms with Crippen LogP contribution in [0.5, 0.6) is 5.75 Å². The number of benzene rings is 1. The van der Waals surface area contributed by atoms with Crippen molar-refractivity contribution < 1.29 is 9.50 Å². The first kappa shape index (κ1) is 9.29. The van der Waals surface area contributed by atoms with E-state index in [1.54, 1.807) is 0 Å². The fourth-order valence-corrected chi connectivity index (χ4v) is 1.65. The number of rotatable bonds is 1. The Labute approximate surface area is 85.5 Å². The third-order valence-corrected chi connectivity index (χ3v) is 2.81. The summed E-state index contributed by atoms with van der Waals surface area (Å²) >= 11 is 5.58. The monoisotopic (exact) mass is 211 g/mol. The first-order valence-corrected chi connectivity index (χ1v) is 4.56. The summed E-state index contributed by atoms with van der Waals surface area (Å²) in [6.07, 6.45) is 1.39. The van der Waals surface area contributed by atoms with Gasteiger partial charge in [0.05, 0.1) is 16.5 Å². The molecule has 0 heterocycles. The van der Waals surface area contributed by atoms with Crippen LogP contribution in [0.15, 0.2) is 12.1 Å². The molecule has 4 heteroatoms. The molecule has 0 atom stereocenters. The van der Waals surface area contributed by atoms with Gasteiger partial charge in [-0.1, -0.05) is 11.6 Å². The number of halogens is 2. The van der Waals surface area contributed by atoms with Gasteiger partial charge in [0.1, 0.15) is 11.6 Å². The van der Waals surface area contributed by atoms with Crippen molar-refractivity contribution >= 4 is 11.6 Å². The maximum Gasteiger partial charge on any atom is 0.145 e. The molecule has 0 bridgehead atoms. The molecule has 0 saturated heterocycles. The first-order chi connectivity index (χ1) is 6.59. The maximum absolute atomic E-state index is 12.9. The van der Waals surface area contributed by atoms with Crippen LogP contribution in [0.25, 0.3) is 0 Å². The van der Waals surface area contributed by atoms with Crippen LogP contribution in [0.4, 0.5) is 4.39 Å². The van der Waals surface area contributed by atoms with Crippen LogP contribution < -0.4 is 0 Å². The van der Waals surface area contributed by atoms with Gasteiger partial charge in [0.15, 0.2) is 0 Å². The van der Waals surface area contributed by atoms with E-state index in [1.165, 1.54) is 6.07 Å². The summed E-state index contributed by atoms with van der Waals surface area (Å²) in [6, 6.07) is 4.40. The molecule has 1 aliphatic rings. The highest BCUT2D eigenvalue weighted by Crippen LogP contribution is 2.51. The maximum atomic E-state index is 12.9. The molecule has 2 nitrogen and oxygen atoms in total. The Balaban J connectivity index is 2.55. The average molecular weight is 212 g/mol. The second-order valence-electron chi connectivity index (χ2n) is 3.48. The summed E-state index contributed by atoms with van der Waals surface area (Å²) < 4.78 is 12.9. The highest BCUT2D eigenvalue weighted by molar-refractivity contribution is 6.30. The van der Waals surface area contributed by atoms with Gasteiger partial charge in [0, 0.05) is 11.6 Å². The van der Waals surface area contributed by atoms with Gasteiger partial charge in [-0.2, -0.15) is 5.26 Å². The van der Waals surface area contributed by atoms with Gasteiger partial charge >= 0.3 is 0 Å². The fraction of sp³-hybridized carbons (Fsp3) is 0.300. The SMILES string of the molecule is N#CC1(c2cc(Cl)c(F)cc2O)CC1. The zero-order valence-corrected chi connectivity index (χ0v) is 7.98. The van der Waals surface area contributed by atoms with Gasteiger partial charge in [-0.3, -0.25) is 0 Å². The minimum Gasteiger partial charge on any atom is -0.508 e. The molecule has 0 unspecified atom stereocenters. The lowest BCUT2D eigenvalue weighted by Crippen LogP contribution is -2.03. The lowest BCUT2D eigenvalue weighted by molar-refractivity contribution is 0.458. The number of phenolic OH excluding ortho intramolecular Hbond substituents is 1. The molecule has 0 aromatic heterocycles. The molecule has 1 N–H and O–H groups in total. The van der Waals surface area contributed by atoms with Crippen LogP contribution in [-0.4, -0.2) is 5.11 Å². The van der Waals surface area contributed by atoms with Gasteiger partial charge in [-0.05, 0) is 18.9 Å². The summed E-state index contributed by atoms with van der Waals surface area (Å²) in [5.41, 5.74) is -0.201. The predicted molar refractivity (Wildman–Crippen MR) is 49.6 cm³/mol. The van der Waals surface area contributed by atoms with Crippen molar-refractivity contribution in [3.8, 4) is 11.8 Å². The van der Waals surface area contributed by atoms with E-state index in [0.717, 1.165) is 6.07 Å². The summed E-state index contributed by atoms with van der Waals surface area (Å²) in [4.78, 5) is 0. The molecule has 2 rings (SSSR count). The largest absolute Gasteiger partial charge is 0.508 e. The summed E-state index contributed by atoms with van der Waals surface area (Å²) in [7, 11) is 0. The van der Waals surface area contributed by atoms with Crippen LogP contribution in [0.1, 0.15) is 18.4 Å². The molecule has 0 amide bonds. The number of hydrogen-bond donors (Lipinski definition) is 1. The second-order valence-corrected chi connectivity index (χ2v) is 3.88. The van der Waals surface area contributed by atoms with E-state index in [-0.39, 0.29) is 10.8 Å². The molecule has 0 radical (unpaired) electrons. The van der Waals surface area contributed by atoms with Crippen LogP contribution in [-0.2, 0) is 5.41 Å². The Morgan fingerprint density at radius 1 is 1.50 bits per heavy atom. The van der Waals surface area contributed by atoms with Crippen molar-refractivity contribution in [3.05, 3.63) is 28.5 Å². The van der Waals surface area contributed by atoms with Crippen LogP contribution >= 0.6 is 11.6 Å². The zero-order valence-electron chi connectivity index (χ0n) is 7.22. The highest BCUT2D eigenvalue weighted by Gasteiger charge is 2.47. The standard InChI is InChI=1S/C10H7ClFNO/c11-7-3-6(9(14)4-8(7)12)10(5-13)1-2-10/h3-4,14H,1-2H2. The molecule has 1 aliphatic carbocycles. The van der Waals surface area contributed by atoms with Crippen molar-refractivity contribution in [1.29, 1.82) is 5.26 Å². The van der Waals surface area contributed by atoms with E-state index < -0.39 is 11.2 Å². The minimum absolute atomic E-state index is 0.0562. The van der Waals surface area contributed by atoms with E-state index >= 15 is 0 Å². The Morgan fingerprint density at radius 3 is 2.64 bits per heavy atom. The first-order valence-electron chi connectivity index (χ1n) is 4.19. The van der Waals surface area contributed by atoms with E-state index in [9.17, 15) is 9.50 Å². The summed E-state index contributed by atoms with van der Waals surface area (Å²) in [5.74, 6) is -0.854. The molecular weight excluding hydrogens is 205 g/mol. The molecule has 1 aromatic carbocycles. The Bertz CT molecular complexity index is 434. The van der Waals surface area contributed by atoms with Gasteiger partial charge in [0.25, 0.3) is 0 Å². The second kappa shape index (κ2) is 2.86. The van der Waals surface area contributed by atoms with Crippen LogP contribution in [0.3, 0.4) is 0 Å². The minimum atomic E-state index is -0.665. The van der Waals surface area contributed by atoms with Crippen molar-refractivity contribution in [2.75, 3.05) is 0 Å². The van der Waals surface area contributed by atoms with E-state index in [1.807, 2.05) is 0 Å². The third-order valence-electron chi connectivity index (χ3n) is 2.52. The van der Waals surface area contributed by atoms with Crippen LogP contribution in [0, 0.1) is 17.1 Å². The van der Waals surface area contributed by atoms with Gasteiger partial charge in [-0.25, -0.2) is 4.39 Å². The molecule has 1 fully saturated rings. The lowest BCUT2D eigenvalue weighted by atomic mass is 9.97. The Kier molecular flexibility index (Phi) is 1.90. The molecule has 1 saturated carbocycles. The highest BCUT2D eigenvalue weighted by atomic mass is 35.5. The normalized spacial score (nSPS) is 17.5. The molecule has 1 aromatic rings. The van der Waals surface area contributed by atoms with Crippen molar-refractivity contribution in [2.24, 2.45) is 0 Å². The van der Waals surface area contributed by atoms with Crippen LogP contribution in [0.2, 0.25) is 5.02 Å². The summed E-state index contributed by atoms with van der Waals surface area (Å²) in [5, 5.41) is 18.3. The van der Waals surface area contributed by atoms with Crippen molar-refractivity contribution in [2.45, 2.75) is 18.3 Å². The Hall–Kier alpha value is -1.27. The van der Waals surface area contributed by atoms with E-state index in [2.05, 4.69) is 6.07 Å². The number of nitrogens with zero attached hydrogens (tertiary/aromatic N) is 1.